The van der Waals surface area contributed by atoms with Crippen LogP contribution in [0.25, 0.3) is 43.6 Å². The number of nitrogens with zero attached hydrogens (tertiary/aromatic N) is 2. The number of amides is 2. The first kappa shape index (κ1) is 22.8. The Hall–Kier alpha value is -4.38. The van der Waals surface area contributed by atoms with Crippen LogP contribution in [0.5, 0.6) is 11.5 Å². The van der Waals surface area contributed by atoms with Gasteiger partial charge in [0.05, 0.1) is 39.7 Å². The summed E-state index contributed by atoms with van der Waals surface area (Å²) >= 11 is 1.50. The highest BCUT2D eigenvalue weighted by Gasteiger charge is 2.41. The number of rotatable bonds is 5. The van der Waals surface area contributed by atoms with Gasteiger partial charge in [0.2, 0.25) is 0 Å². The van der Waals surface area contributed by atoms with Crippen LogP contribution in [0, 0.1) is 0 Å². The lowest BCUT2D eigenvalue weighted by Crippen LogP contribution is -2.41. The molecular formula is C28H22N4O5S. The molecule has 6 aromatic rings. The maximum atomic E-state index is 13.9. The van der Waals surface area contributed by atoms with Gasteiger partial charge in [-0.15, -0.1) is 11.3 Å². The van der Waals surface area contributed by atoms with Crippen LogP contribution in [0.3, 0.4) is 0 Å². The predicted octanol–water partition coefficient (Wildman–Crippen LogP) is 4.27. The minimum Gasteiger partial charge on any atom is -0.508 e. The summed E-state index contributed by atoms with van der Waals surface area (Å²) < 4.78 is 1.91. The van der Waals surface area contributed by atoms with Gasteiger partial charge in [-0.25, -0.2) is 10.4 Å². The van der Waals surface area contributed by atoms with E-state index < -0.39 is 11.8 Å². The lowest BCUT2D eigenvalue weighted by atomic mass is 9.96. The number of aromatic nitrogens is 2. The fourth-order valence-electron chi connectivity index (χ4n) is 5.67. The first-order chi connectivity index (χ1) is 18.4. The third-order valence-corrected chi connectivity index (χ3v) is 8.29. The lowest BCUT2D eigenvalue weighted by Gasteiger charge is -2.14. The van der Waals surface area contributed by atoms with Crippen LogP contribution in [-0.4, -0.2) is 48.3 Å². The number of aromatic amines is 1. The minimum atomic E-state index is -0.450. The van der Waals surface area contributed by atoms with Crippen LogP contribution in [0.15, 0.2) is 47.8 Å². The van der Waals surface area contributed by atoms with Crippen molar-refractivity contribution in [2.24, 2.45) is 7.05 Å². The van der Waals surface area contributed by atoms with Crippen molar-refractivity contribution in [2.75, 3.05) is 6.61 Å². The SMILES string of the molecule is Cn1c2cc(O)ccc2c2c3c(c4c5ccc(O)cc5[nH]c4c21)C(=O)N(NCc1cc(CCO)cs1)C3=O. The highest BCUT2D eigenvalue weighted by atomic mass is 32.1. The zero-order valence-electron chi connectivity index (χ0n) is 20.2. The Bertz CT molecular complexity index is 1980. The molecule has 4 heterocycles. The van der Waals surface area contributed by atoms with Gasteiger partial charge in [-0.05, 0) is 47.7 Å². The van der Waals surface area contributed by atoms with E-state index in [1.807, 2.05) is 23.1 Å². The number of hydrogen-bond acceptors (Lipinski definition) is 7. The van der Waals surface area contributed by atoms with Crippen molar-refractivity contribution in [3.8, 4) is 11.5 Å². The number of fused-ring (bicyclic) bond motifs is 10. The Kier molecular flexibility index (Phi) is 4.83. The fourth-order valence-corrected chi connectivity index (χ4v) is 6.52. The summed E-state index contributed by atoms with van der Waals surface area (Å²) in [6.07, 6.45) is 0.548. The van der Waals surface area contributed by atoms with E-state index in [9.17, 15) is 24.9 Å². The van der Waals surface area contributed by atoms with E-state index in [1.54, 1.807) is 36.4 Å². The molecule has 0 radical (unpaired) electrons. The van der Waals surface area contributed by atoms with E-state index in [1.165, 1.54) is 11.3 Å². The normalized spacial score (nSPS) is 13.7. The number of carbonyl (C=O) groups excluding carboxylic acids is 2. The van der Waals surface area contributed by atoms with E-state index in [-0.39, 0.29) is 24.7 Å². The Morgan fingerprint density at radius 1 is 0.947 bits per heavy atom. The maximum Gasteiger partial charge on any atom is 0.276 e. The van der Waals surface area contributed by atoms with E-state index in [2.05, 4.69) is 10.4 Å². The van der Waals surface area contributed by atoms with Gasteiger partial charge in [0.15, 0.2) is 0 Å². The summed E-state index contributed by atoms with van der Waals surface area (Å²) in [5.74, 6) is -0.715. The fraction of sp³-hybridized carbons (Fsp3) is 0.143. The van der Waals surface area contributed by atoms with Gasteiger partial charge in [-0.3, -0.25) is 9.59 Å². The highest BCUT2D eigenvalue weighted by Crippen LogP contribution is 2.45. The third kappa shape index (κ3) is 3.05. The molecule has 38 heavy (non-hydrogen) atoms. The molecular weight excluding hydrogens is 504 g/mol. The zero-order valence-corrected chi connectivity index (χ0v) is 21.0. The van der Waals surface area contributed by atoms with Crippen molar-refractivity contribution in [2.45, 2.75) is 13.0 Å². The molecule has 3 aromatic heterocycles. The monoisotopic (exact) mass is 526 g/mol. The molecule has 7 rings (SSSR count). The number of aromatic hydroxyl groups is 2. The van der Waals surface area contributed by atoms with Gasteiger partial charge in [-0.2, -0.15) is 0 Å². The van der Waals surface area contributed by atoms with Gasteiger partial charge in [0, 0.05) is 52.2 Å². The predicted molar refractivity (Wildman–Crippen MR) is 146 cm³/mol. The molecule has 0 spiro atoms. The molecule has 190 valence electrons. The Morgan fingerprint density at radius 3 is 2.42 bits per heavy atom. The van der Waals surface area contributed by atoms with Crippen LogP contribution >= 0.6 is 11.3 Å². The summed E-state index contributed by atoms with van der Waals surface area (Å²) in [5, 5.41) is 35.2. The molecule has 0 saturated heterocycles. The minimum absolute atomic E-state index is 0.0548. The summed E-state index contributed by atoms with van der Waals surface area (Å²) in [5.41, 5.74) is 7.40. The average Bonchev–Trinajstić information content (AvgIpc) is 3.62. The topological polar surface area (TPSA) is 131 Å². The largest absolute Gasteiger partial charge is 0.508 e. The highest BCUT2D eigenvalue weighted by molar-refractivity contribution is 7.10. The second-order valence-electron chi connectivity index (χ2n) is 9.51. The molecule has 5 N–H and O–H groups in total. The van der Waals surface area contributed by atoms with E-state index in [0.717, 1.165) is 37.3 Å². The second kappa shape index (κ2) is 8.06. The second-order valence-corrected chi connectivity index (χ2v) is 10.5. The number of benzene rings is 3. The van der Waals surface area contributed by atoms with Crippen LogP contribution in [0.2, 0.25) is 0 Å². The molecule has 3 aromatic carbocycles. The van der Waals surface area contributed by atoms with E-state index in [4.69, 9.17) is 0 Å². The van der Waals surface area contributed by atoms with Crippen LogP contribution in [-0.2, 0) is 20.0 Å². The van der Waals surface area contributed by atoms with Crippen LogP contribution in [0.4, 0.5) is 0 Å². The number of thiophene rings is 1. The summed E-state index contributed by atoms with van der Waals surface area (Å²) in [6.45, 7) is 0.332. The van der Waals surface area contributed by atoms with Crippen molar-refractivity contribution in [1.29, 1.82) is 0 Å². The van der Waals surface area contributed by atoms with E-state index in [0.29, 0.717) is 39.4 Å². The summed E-state index contributed by atoms with van der Waals surface area (Å²) in [6, 6.07) is 11.8. The van der Waals surface area contributed by atoms with Crippen LogP contribution in [0.1, 0.15) is 31.2 Å². The Balaban J connectivity index is 1.48. The molecule has 0 saturated carbocycles. The van der Waals surface area contributed by atoms with Crippen LogP contribution < -0.4 is 5.43 Å². The van der Waals surface area contributed by atoms with Gasteiger partial charge in [-0.1, -0.05) is 0 Å². The summed E-state index contributed by atoms with van der Waals surface area (Å²) in [4.78, 5) is 32.1. The molecule has 10 heteroatoms. The van der Waals surface area contributed by atoms with Crippen molar-refractivity contribution in [3.05, 3.63) is 69.4 Å². The number of H-pyrrole nitrogens is 1. The molecule has 1 aliphatic heterocycles. The van der Waals surface area contributed by atoms with Gasteiger partial charge in [0.25, 0.3) is 11.8 Å². The third-order valence-electron chi connectivity index (χ3n) is 7.31. The first-order valence-corrected chi connectivity index (χ1v) is 13.0. The maximum absolute atomic E-state index is 13.9. The quantitative estimate of drug-likeness (QED) is 0.213. The summed E-state index contributed by atoms with van der Waals surface area (Å²) in [7, 11) is 1.86. The standard InChI is InChI=1S/C28H22N4O5S/c1-31-20-10-15(35)3-5-18(20)22-24-23(21-17-4-2-14(34)9-19(17)30-25(21)26(22)31)27(36)32(28(24)37)29-11-16-8-13(6-7-33)12-38-16/h2-5,8-10,12,29-30,33-35H,6-7,11H2,1H3. The molecule has 0 bridgehead atoms. The zero-order chi connectivity index (χ0) is 26.3. The van der Waals surface area contributed by atoms with Crippen molar-refractivity contribution >= 4 is 66.8 Å². The Morgan fingerprint density at radius 2 is 1.66 bits per heavy atom. The number of aryl methyl sites for hydroxylation is 1. The molecule has 9 nitrogen and oxygen atoms in total. The number of imide groups is 1. The average molecular weight is 527 g/mol. The number of hydrogen-bond donors (Lipinski definition) is 5. The smallest absolute Gasteiger partial charge is 0.276 e. The molecule has 1 aliphatic rings. The van der Waals surface area contributed by atoms with E-state index >= 15 is 0 Å². The number of aliphatic hydroxyl groups is 1. The van der Waals surface area contributed by atoms with Crippen molar-refractivity contribution < 1.29 is 24.9 Å². The number of nitrogens with one attached hydrogen (secondary N) is 2. The Labute approximate surface area is 219 Å². The molecule has 0 atom stereocenters. The van der Waals surface area contributed by atoms with Gasteiger partial charge >= 0.3 is 0 Å². The number of carbonyl (C=O) groups is 2. The molecule has 2 amide bonds. The lowest BCUT2D eigenvalue weighted by molar-refractivity contribution is 0.0564. The number of aliphatic hydroxyl groups excluding tert-OH is 1. The molecule has 0 unspecified atom stereocenters. The number of hydrazine groups is 1. The van der Waals surface area contributed by atoms with Crippen molar-refractivity contribution in [1.82, 2.24) is 20.0 Å². The van der Waals surface area contributed by atoms with Gasteiger partial charge < -0.3 is 24.9 Å². The van der Waals surface area contributed by atoms with Gasteiger partial charge in [0.1, 0.15) is 11.5 Å². The number of phenols is 2. The molecule has 0 fully saturated rings. The first-order valence-electron chi connectivity index (χ1n) is 12.1. The number of phenolic OH excluding ortho intramolecular Hbond substituents is 2. The molecule has 0 aliphatic carbocycles. The van der Waals surface area contributed by atoms with Crippen molar-refractivity contribution in [3.63, 3.8) is 0 Å².